The highest BCUT2D eigenvalue weighted by molar-refractivity contribution is 6.09. The van der Waals surface area contributed by atoms with Crippen LogP contribution in [-0.4, -0.2) is 36.3 Å². The SMILES string of the molecule is N#CCc1cc(F)cc(CNCCCCOCCNc2nc3ccccc3c3cnccc23)c1. The molecule has 0 bridgehead atoms. The van der Waals surface area contributed by atoms with Crippen molar-refractivity contribution in [1.82, 2.24) is 15.3 Å². The molecule has 6 nitrogen and oxygen atoms in total. The number of hydrogen-bond acceptors (Lipinski definition) is 6. The molecule has 0 aliphatic rings. The second-order valence-corrected chi connectivity index (χ2v) is 8.12. The van der Waals surface area contributed by atoms with Crippen LogP contribution in [0.15, 0.2) is 60.9 Å². The van der Waals surface area contributed by atoms with Crippen LogP contribution in [0.4, 0.5) is 10.2 Å². The Balaban J connectivity index is 1.14. The molecule has 0 amide bonds. The number of nitriles is 1. The molecule has 2 heterocycles. The predicted octanol–water partition coefficient (Wildman–Crippen LogP) is 4.99. The smallest absolute Gasteiger partial charge is 0.134 e. The van der Waals surface area contributed by atoms with Gasteiger partial charge in [-0.3, -0.25) is 4.98 Å². The van der Waals surface area contributed by atoms with E-state index in [4.69, 9.17) is 15.0 Å². The van der Waals surface area contributed by atoms with Crippen molar-refractivity contribution in [2.45, 2.75) is 25.8 Å². The number of rotatable bonds is 12. The molecule has 0 saturated heterocycles. The van der Waals surface area contributed by atoms with E-state index in [0.29, 0.717) is 31.9 Å². The molecule has 0 unspecified atom stereocenters. The zero-order valence-electron chi connectivity index (χ0n) is 19.1. The number of unbranched alkanes of at least 4 members (excludes halogenated alkanes) is 1. The summed E-state index contributed by atoms with van der Waals surface area (Å²) in [6.45, 7) is 3.37. The number of halogens is 1. The number of nitrogens with one attached hydrogen (secondary N) is 2. The first-order valence-corrected chi connectivity index (χ1v) is 11.5. The van der Waals surface area contributed by atoms with Gasteiger partial charge in [-0.1, -0.05) is 24.3 Å². The predicted molar refractivity (Wildman–Crippen MR) is 133 cm³/mol. The van der Waals surface area contributed by atoms with Gasteiger partial charge in [-0.2, -0.15) is 5.26 Å². The van der Waals surface area contributed by atoms with Crippen LogP contribution in [0.5, 0.6) is 0 Å². The molecule has 4 rings (SSSR count). The van der Waals surface area contributed by atoms with Crippen molar-refractivity contribution >= 4 is 27.5 Å². The minimum atomic E-state index is -0.296. The van der Waals surface area contributed by atoms with Gasteiger partial charge in [0, 0.05) is 48.2 Å². The minimum absolute atomic E-state index is 0.224. The number of pyridine rings is 2. The summed E-state index contributed by atoms with van der Waals surface area (Å²) in [5.41, 5.74) is 2.52. The van der Waals surface area contributed by atoms with E-state index in [1.165, 1.54) is 12.1 Å². The third-order valence-corrected chi connectivity index (χ3v) is 5.56. The molecule has 7 heteroatoms. The van der Waals surface area contributed by atoms with Crippen molar-refractivity contribution in [1.29, 1.82) is 5.26 Å². The maximum atomic E-state index is 13.6. The fraction of sp³-hybridized carbons (Fsp3) is 0.296. The second kappa shape index (κ2) is 12.0. The van der Waals surface area contributed by atoms with E-state index in [1.807, 2.05) is 36.5 Å². The van der Waals surface area contributed by atoms with Crippen molar-refractivity contribution < 1.29 is 9.13 Å². The first-order chi connectivity index (χ1) is 16.7. The van der Waals surface area contributed by atoms with E-state index in [9.17, 15) is 4.39 Å². The number of ether oxygens (including phenoxy) is 1. The van der Waals surface area contributed by atoms with E-state index < -0.39 is 0 Å². The monoisotopic (exact) mass is 457 g/mol. The highest BCUT2D eigenvalue weighted by atomic mass is 19.1. The lowest BCUT2D eigenvalue weighted by Gasteiger charge is -2.11. The summed E-state index contributed by atoms with van der Waals surface area (Å²) in [4.78, 5) is 9.05. The number of hydrogen-bond donors (Lipinski definition) is 2. The van der Waals surface area contributed by atoms with Crippen molar-refractivity contribution in [3.8, 4) is 6.07 Å². The molecule has 0 radical (unpaired) electrons. The lowest BCUT2D eigenvalue weighted by molar-refractivity contribution is 0.140. The summed E-state index contributed by atoms with van der Waals surface area (Å²) in [7, 11) is 0. The van der Waals surface area contributed by atoms with E-state index in [2.05, 4.69) is 27.8 Å². The van der Waals surface area contributed by atoms with Crippen molar-refractivity contribution in [3.05, 3.63) is 77.9 Å². The van der Waals surface area contributed by atoms with E-state index in [0.717, 1.165) is 52.4 Å². The molecule has 34 heavy (non-hydrogen) atoms. The summed E-state index contributed by atoms with van der Waals surface area (Å²) in [6.07, 6.45) is 5.81. The molecule has 4 aromatic rings. The molecule has 0 fully saturated rings. The van der Waals surface area contributed by atoms with Gasteiger partial charge in [0.15, 0.2) is 0 Å². The van der Waals surface area contributed by atoms with Crippen LogP contribution < -0.4 is 10.6 Å². The zero-order chi connectivity index (χ0) is 23.6. The quantitative estimate of drug-likeness (QED) is 0.230. The van der Waals surface area contributed by atoms with Gasteiger partial charge in [0.05, 0.1) is 24.6 Å². The van der Waals surface area contributed by atoms with Gasteiger partial charge < -0.3 is 15.4 Å². The summed E-state index contributed by atoms with van der Waals surface area (Å²) in [5, 5.41) is 18.7. The average Bonchev–Trinajstić information content (AvgIpc) is 2.85. The highest BCUT2D eigenvalue weighted by Crippen LogP contribution is 2.28. The standard InChI is InChI=1S/C27H28FN5O/c28-22-16-20(7-9-29)15-21(17-22)18-30-10-3-4-13-34-14-12-32-27-24-8-11-31-19-25(24)23-5-1-2-6-26(23)33-27/h1-2,5-6,8,11,15-17,19,30H,3-4,7,10,12-14,18H2,(H,32,33). The van der Waals surface area contributed by atoms with Gasteiger partial charge in [-0.25, -0.2) is 9.37 Å². The highest BCUT2D eigenvalue weighted by Gasteiger charge is 2.07. The van der Waals surface area contributed by atoms with Gasteiger partial charge in [0.2, 0.25) is 0 Å². The van der Waals surface area contributed by atoms with Crippen LogP contribution in [0.3, 0.4) is 0 Å². The molecule has 0 atom stereocenters. The number of anilines is 1. The van der Waals surface area contributed by atoms with Gasteiger partial charge >= 0.3 is 0 Å². The molecule has 2 N–H and O–H groups in total. The van der Waals surface area contributed by atoms with Crippen LogP contribution in [0.25, 0.3) is 21.7 Å². The topological polar surface area (TPSA) is 82.9 Å². The third kappa shape index (κ3) is 6.25. The van der Waals surface area contributed by atoms with Crippen molar-refractivity contribution in [2.24, 2.45) is 0 Å². The first-order valence-electron chi connectivity index (χ1n) is 11.5. The fourth-order valence-corrected chi connectivity index (χ4v) is 3.97. The van der Waals surface area contributed by atoms with Gasteiger partial charge in [0.25, 0.3) is 0 Å². The Kier molecular flexibility index (Phi) is 8.33. The average molecular weight is 458 g/mol. The molecule has 0 aliphatic heterocycles. The number of benzene rings is 2. The molecular formula is C27H28FN5O. The molecular weight excluding hydrogens is 429 g/mol. The Bertz CT molecular complexity index is 1290. The summed E-state index contributed by atoms with van der Waals surface area (Å²) >= 11 is 0. The van der Waals surface area contributed by atoms with Crippen molar-refractivity contribution in [2.75, 3.05) is 31.6 Å². The summed E-state index contributed by atoms with van der Waals surface area (Å²) in [5.74, 6) is 0.550. The first kappa shape index (κ1) is 23.6. The Morgan fingerprint density at radius 3 is 2.74 bits per heavy atom. The number of para-hydroxylation sites is 1. The van der Waals surface area contributed by atoms with Crippen molar-refractivity contribution in [3.63, 3.8) is 0 Å². The number of aromatic nitrogens is 2. The molecule has 0 aliphatic carbocycles. The van der Waals surface area contributed by atoms with Crippen LogP contribution in [0.1, 0.15) is 24.0 Å². The summed E-state index contributed by atoms with van der Waals surface area (Å²) in [6, 6.07) is 16.9. The number of fused-ring (bicyclic) bond motifs is 3. The van der Waals surface area contributed by atoms with Gasteiger partial charge in [-0.15, -0.1) is 0 Å². The maximum Gasteiger partial charge on any atom is 0.134 e. The minimum Gasteiger partial charge on any atom is -0.380 e. The fourth-order valence-electron chi connectivity index (χ4n) is 3.97. The van der Waals surface area contributed by atoms with E-state index in [1.54, 1.807) is 6.20 Å². The largest absolute Gasteiger partial charge is 0.380 e. The van der Waals surface area contributed by atoms with Crippen LogP contribution in [0, 0.1) is 17.1 Å². The zero-order valence-corrected chi connectivity index (χ0v) is 19.1. The van der Waals surface area contributed by atoms with Crippen LogP contribution in [0.2, 0.25) is 0 Å². The normalized spacial score (nSPS) is 11.1. The lowest BCUT2D eigenvalue weighted by Crippen LogP contribution is -2.16. The van der Waals surface area contributed by atoms with Crippen LogP contribution in [-0.2, 0) is 17.7 Å². The molecule has 2 aromatic carbocycles. The Morgan fingerprint density at radius 2 is 1.82 bits per heavy atom. The lowest BCUT2D eigenvalue weighted by atomic mass is 10.1. The van der Waals surface area contributed by atoms with E-state index in [-0.39, 0.29) is 12.2 Å². The van der Waals surface area contributed by atoms with Gasteiger partial charge in [-0.05, 0) is 54.8 Å². The Hall–Kier alpha value is -3.60. The molecule has 0 saturated carbocycles. The van der Waals surface area contributed by atoms with Crippen LogP contribution >= 0.6 is 0 Å². The molecule has 0 spiro atoms. The number of nitrogens with zero attached hydrogens (tertiary/aromatic N) is 3. The summed E-state index contributed by atoms with van der Waals surface area (Å²) < 4.78 is 19.4. The maximum absolute atomic E-state index is 13.6. The Morgan fingerprint density at radius 1 is 0.941 bits per heavy atom. The second-order valence-electron chi connectivity index (χ2n) is 8.12. The third-order valence-electron chi connectivity index (χ3n) is 5.56. The van der Waals surface area contributed by atoms with Gasteiger partial charge in [0.1, 0.15) is 11.6 Å². The Labute approximate surface area is 198 Å². The molecule has 2 aromatic heterocycles. The molecule has 174 valence electrons. The van der Waals surface area contributed by atoms with E-state index >= 15 is 0 Å².